The summed E-state index contributed by atoms with van der Waals surface area (Å²) >= 11 is 1.54. The molecule has 1 aromatic rings. The van der Waals surface area contributed by atoms with Gasteiger partial charge in [-0.15, -0.1) is 11.8 Å². The molecular formula is C18H24N2OS. The van der Waals surface area contributed by atoms with Gasteiger partial charge in [0, 0.05) is 16.6 Å². The molecule has 4 aliphatic rings. The van der Waals surface area contributed by atoms with E-state index in [4.69, 9.17) is 5.73 Å². The first kappa shape index (κ1) is 14.4. The van der Waals surface area contributed by atoms with Gasteiger partial charge in [0.05, 0.1) is 5.75 Å². The molecule has 4 aliphatic carbocycles. The van der Waals surface area contributed by atoms with E-state index in [1.807, 2.05) is 24.3 Å². The van der Waals surface area contributed by atoms with Crippen molar-refractivity contribution in [3.63, 3.8) is 0 Å². The summed E-state index contributed by atoms with van der Waals surface area (Å²) in [6.45, 7) is 0. The van der Waals surface area contributed by atoms with E-state index in [2.05, 4.69) is 5.32 Å². The maximum Gasteiger partial charge on any atom is 0.230 e. The van der Waals surface area contributed by atoms with Crippen molar-refractivity contribution in [1.29, 1.82) is 0 Å². The molecule has 4 bridgehead atoms. The molecule has 1 amide bonds. The number of hydrogen-bond donors (Lipinski definition) is 2. The Morgan fingerprint density at radius 3 is 2.36 bits per heavy atom. The van der Waals surface area contributed by atoms with Crippen LogP contribution in [0.3, 0.4) is 0 Å². The zero-order chi connectivity index (χ0) is 15.1. The van der Waals surface area contributed by atoms with Crippen LogP contribution in [0, 0.1) is 23.7 Å². The third kappa shape index (κ3) is 2.73. The van der Waals surface area contributed by atoms with E-state index in [0.29, 0.717) is 11.8 Å². The minimum atomic E-state index is 0.172. The van der Waals surface area contributed by atoms with Crippen molar-refractivity contribution in [3.05, 3.63) is 24.3 Å². The quantitative estimate of drug-likeness (QED) is 0.662. The normalized spacial score (nSPS) is 35.5. The summed E-state index contributed by atoms with van der Waals surface area (Å²) < 4.78 is 0. The maximum atomic E-state index is 12.3. The highest BCUT2D eigenvalue weighted by Gasteiger charge is 2.48. The van der Waals surface area contributed by atoms with Crippen LogP contribution in [0.25, 0.3) is 0 Å². The van der Waals surface area contributed by atoms with E-state index in [-0.39, 0.29) is 5.91 Å². The van der Waals surface area contributed by atoms with Crippen molar-refractivity contribution in [2.75, 3.05) is 11.5 Å². The molecular weight excluding hydrogens is 292 g/mol. The molecule has 3 N–H and O–H groups in total. The fourth-order valence-corrected chi connectivity index (χ4v) is 5.92. The summed E-state index contributed by atoms with van der Waals surface area (Å²) in [5, 5.41) is 3.35. The highest BCUT2D eigenvalue weighted by Crippen LogP contribution is 2.53. The van der Waals surface area contributed by atoms with Gasteiger partial charge >= 0.3 is 0 Å². The molecule has 0 atom stereocenters. The Labute approximate surface area is 136 Å². The molecule has 0 aliphatic heterocycles. The topological polar surface area (TPSA) is 55.1 Å². The van der Waals surface area contributed by atoms with Gasteiger partial charge in [-0.2, -0.15) is 0 Å². The summed E-state index contributed by atoms with van der Waals surface area (Å²) in [4.78, 5) is 13.3. The third-order valence-corrected chi connectivity index (χ3v) is 6.92. The predicted octanol–water partition coefficient (Wildman–Crippen LogP) is 3.30. The van der Waals surface area contributed by atoms with Gasteiger partial charge in [0.25, 0.3) is 0 Å². The monoisotopic (exact) mass is 316 g/mol. The molecule has 118 valence electrons. The van der Waals surface area contributed by atoms with Crippen molar-refractivity contribution in [2.45, 2.75) is 43.0 Å². The minimum absolute atomic E-state index is 0.172. The van der Waals surface area contributed by atoms with Crippen LogP contribution in [-0.2, 0) is 4.79 Å². The zero-order valence-electron chi connectivity index (χ0n) is 12.8. The van der Waals surface area contributed by atoms with E-state index in [1.165, 1.54) is 32.1 Å². The number of para-hydroxylation sites is 1. The standard InChI is InChI=1S/C18H24N2OS/c19-15-3-1-2-4-16(15)22-10-17(21)20-18-13-6-11-5-12(8-13)9-14(18)7-11/h1-4,11-14,18H,5-10,19H2,(H,20,21). The number of rotatable bonds is 4. The highest BCUT2D eigenvalue weighted by atomic mass is 32.2. The van der Waals surface area contributed by atoms with Crippen LogP contribution in [0.1, 0.15) is 32.1 Å². The molecule has 22 heavy (non-hydrogen) atoms. The molecule has 4 fully saturated rings. The second kappa shape index (κ2) is 5.80. The average molecular weight is 316 g/mol. The Kier molecular flexibility index (Phi) is 3.81. The summed E-state index contributed by atoms with van der Waals surface area (Å²) in [7, 11) is 0. The van der Waals surface area contributed by atoms with Gasteiger partial charge in [-0.3, -0.25) is 4.79 Å². The number of benzene rings is 1. The van der Waals surface area contributed by atoms with Crippen LogP contribution in [0.2, 0.25) is 0 Å². The first-order valence-electron chi connectivity index (χ1n) is 8.45. The van der Waals surface area contributed by atoms with Gasteiger partial charge in [-0.25, -0.2) is 0 Å². The first-order chi connectivity index (χ1) is 10.7. The smallest absolute Gasteiger partial charge is 0.230 e. The average Bonchev–Trinajstić information content (AvgIpc) is 2.49. The summed E-state index contributed by atoms with van der Waals surface area (Å²) in [6.07, 6.45) is 6.83. The van der Waals surface area contributed by atoms with E-state index >= 15 is 0 Å². The fourth-order valence-electron chi connectivity index (χ4n) is 5.14. The molecule has 0 heterocycles. The predicted molar refractivity (Wildman–Crippen MR) is 90.6 cm³/mol. The third-order valence-electron chi connectivity index (χ3n) is 5.83. The molecule has 4 saturated carbocycles. The number of anilines is 1. The number of thioether (sulfide) groups is 1. The largest absolute Gasteiger partial charge is 0.398 e. The first-order valence-corrected chi connectivity index (χ1v) is 9.44. The Bertz CT molecular complexity index is 546. The molecule has 0 saturated heterocycles. The van der Waals surface area contributed by atoms with Gasteiger partial charge in [-0.1, -0.05) is 12.1 Å². The summed E-state index contributed by atoms with van der Waals surface area (Å²) in [5.74, 6) is 4.03. The Balaban J connectivity index is 1.34. The number of nitrogens with one attached hydrogen (secondary N) is 1. The Morgan fingerprint density at radius 2 is 1.73 bits per heavy atom. The second-order valence-electron chi connectivity index (χ2n) is 7.35. The summed E-state index contributed by atoms with van der Waals surface area (Å²) in [5.41, 5.74) is 6.69. The van der Waals surface area contributed by atoms with E-state index in [1.54, 1.807) is 11.8 Å². The van der Waals surface area contributed by atoms with Crippen molar-refractivity contribution >= 4 is 23.4 Å². The van der Waals surface area contributed by atoms with Crippen LogP contribution in [0.5, 0.6) is 0 Å². The lowest BCUT2D eigenvalue weighted by atomic mass is 9.54. The van der Waals surface area contributed by atoms with E-state index < -0.39 is 0 Å². The SMILES string of the molecule is Nc1ccccc1SCC(=O)NC1C2CC3CC(C2)CC1C3. The number of nitrogen functional groups attached to an aromatic ring is 1. The van der Waals surface area contributed by atoms with Crippen molar-refractivity contribution < 1.29 is 4.79 Å². The lowest BCUT2D eigenvalue weighted by Gasteiger charge is -2.54. The molecule has 0 aromatic heterocycles. The number of nitrogens with two attached hydrogens (primary N) is 1. The van der Waals surface area contributed by atoms with E-state index in [0.717, 1.165) is 34.3 Å². The highest BCUT2D eigenvalue weighted by molar-refractivity contribution is 8.00. The van der Waals surface area contributed by atoms with Crippen molar-refractivity contribution in [1.82, 2.24) is 5.32 Å². The maximum absolute atomic E-state index is 12.3. The lowest BCUT2D eigenvalue weighted by molar-refractivity contribution is -0.122. The minimum Gasteiger partial charge on any atom is -0.398 e. The number of hydrogen-bond acceptors (Lipinski definition) is 3. The lowest BCUT2D eigenvalue weighted by Crippen LogP contribution is -2.56. The summed E-state index contributed by atoms with van der Waals surface area (Å²) in [6, 6.07) is 8.20. The van der Waals surface area contributed by atoms with Crippen LogP contribution in [0.4, 0.5) is 5.69 Å². The Morgan fingerprint density at radius 1 is 1.09 bits per heavy atom. The molecule has 1 aromatic carbocycles. The van der Waals surface area contributed by atoms with E-state index in [9.17, 15) is 4.79 Å². The second-order valence-corrected chi connectivity index (χ2v) is 8.37. The molecule has 5 rings (SSSR count). The van der Waals surface area contributed by atoms with Gasteiger partial charge in [0.2, 0.25) is 5.91 Å². The van der Waals surface area contributed by atoms with Crippen LogP contribution in [-0.4, -0.2) is 17.7 Å². The molecule has 3 nitrogen and oxygen atoms in total. The van der Waals surface area contributed by atoms with Crippen molar-refractivity contribution in [2.24, 2.45) is 23.7 Å². The molecule has 0 spiro atoms. The van der Waals surface area contributed by atoms with Gasteiger partial charge < -0.3 is 11.1 Å². The Hall–Kier alpha value is -1.16. The van der Waals surface area contributed by atoms with Crippen LogP contribution < -0.4 is 11.1 Å². The molecule has 0 radical (unpaired) electrons. The van der Waals surface area contributed by atoms with Crippen molar-refractivity contribution in [3.8, 4) is 0 Å². The number of carbonyl (C=O) groups excluding carboxylic acids is 1. The number of carbonyl (C=O) groups is 1. The van der Waals surface area contributed by atoms with Gasteiger partial charge in [0.15, 0.2) is 0 Å². The van der Waals surface area contributed by atoms with Crippen LogP contribution >= 0.6 is 11.8 Å². The zero-order valence-corrected chi connectivity index (χ0v) is 13.6. The fraction of sp³-hybridized carbons (Fsp3) is 0.611. The van der Waals surface area contributed by atoms with Gasteiger partial charge in [-0.05, 0) is 67.9 Å². The molecule has 4 heteroatoms. The number of amides is 1. The van der Waals surface area contributed by atoms with Gasteiger partial charge in [0.1, 0.15) is 0 Å². The molecule has 0 unspecified atom stereocenters. The van der Waals surface area contributed by atoms with Crippen LogP contribution in [0.15, 0.2) is 29.2 Å².